The van der Waals surface area contributed by atoms with E-state index in [4.69, 9.17) is 9.88 Å². The van der Waals surface area contributed by atoms with Crippen molar-refractivity contribution < 1.29 is 21.6 Å². The summed E-state index contributed by atoms with van der Waals surface area (Å²) in [5.41, 5.74) is 0. The number of likely N-dealkylation sites (N-methyl/N-ethyl adjacent to an activating group) is 1. The van der Waals surface area contributed by atoms with Crippen LogP contribution in [0.25, 0.3) is 0 Å². The number of primary sulfonamides is 1. The lowest BCUT2D eigenvalue weighted by Crippen LogP contribution is -2.45. The number of rotatable bonds is 3. The Labute approximate surface area is 142 Å². The van der Waals surface area contributed by atoms with Crippen LogP contribution in [0.5, 0.6) is 0 Å². The first kappa shape index (κ1) is 17.8. The predicted molar refractivity (Wildman–Crippen MR) is 87.3 cm³/mol. The van der Waals surface area contributed by atoms with E-state index in [0.717, 1.165) is 6.54 Å². The van der Waals surface area contributed by atoms with E-state index < -0.39 is 20.0 Å². The Morgan fingerprint density at radius 3 is 2.25 bits per heavy atom. The van der Waals surface area contributed by atoms with Crippen LogP contribution in [0.1, 0.15) is 0 Å². The van der Waals surface area contributed by atoms with Gasteiger partial charge in [0, 0.05) is 25.6 Å². The Hall–Kier alpha value is -1.04. The third-order valence-electron chi connectivity index (χ3n) is 4.36. The van der Waals surface area contributed by atoms with Gasteiger partial charge in [-0.05, 0) is 31.3 Å². The predicted octanol–water partition coefficient (Wildman–Crippen LogP) is -0.715. The molecule has 0 unspecified atom stereocenters. The van der Waals surface area contributed by atoms with Gasteiger partial charge in [0.15, 0.2) is 0 Å². The zero-order valence-corrected chi connectivity index (χ0v) is 15.0. The molecule has 2 atom stereocenters. The van der Waals surface area contributed by atoms with E-state index in [0.29, 0.717) is 26.3 Å². The molecule has 2 bridgehead atoms. The molecule has 0 aromatic heterocycles. The Balaban J connectivity index is 1.95. The third-order valence-corrected chi connectivity index (χ3v) is 7.22. The van der Waals surface area contributed by atoms with E-state index in [9.17, 15) is 16.8 Å². The van der Waals surface area contributed by atoms with Crippen molar-refractivity contribution in [2.75, 3.05) is 39.9 Å². The summed E-state index contributed by atoms with van der Waals surface area (Å²) >= 11 is 0. The van der Waals surface area contributed by atoms with Gasteiger partial charge in [0.2, 0.25) is 20.0 Å². The fourth-order valence-corrected chi connectivity index (χ4v) is 5.46. The van der Waals surface area contributed by atoms with Crippen molar-refractivity contribution in [2.24, 2.45) is 11.1 Å². The van der Waals surface area contributed by atoms with E-state index in [1.165, 1.54) is 28.6 Å². The molecule has 1 aromatic rings. The first-order valence-electron chi connectivity index (χ1n) is 7.59. The first-order chi connectivity index (χ1) is 11.2. The molecule has 134 valence electrons. The second kappa shape index (κ2) is 6.36. The molecule has 0 amide bonds. The van der Waals surface area contributed by atoms with Crippen molar-refractivity contribution in [1.82, 2.24) is 9.21 Å². The van der Waals surface area contributed by atoms with Gasteiger partial charge in [0.1, 0.15) is 0 Å². The largest absolute Gasteiger partial charge is 0.379 e. The zero-order valence-electron chi connectivity index (χ0n) is 13.3. The van der Waals surface area contributed by atoms with Crippen molar-refractivity contribution in [3.8, 4) is 0 Å². The number of benzene rings is 1. The van der Waals surface area contributed by atoms with E-state index in [2.05, 4.69) is 4.90 Å². The molecule has 1 aromatic carbocycles. The van der Waals surface area contributed by atoms with Crippen LogP contribution in [-0.4, -0.2) is 72.0 Å². The summed E-state index contributed by atoms with van der Waals surface area (Å²) in [4.78, 5) is 2.07. The molecule has 0 aliphatic carbocycles. The first-order valence-corrected chi connectivity index (χ1v) is 10.6. The summed E-state index contributed by atoms with van der Waals surface area (Å²) in [6.45, 7) is 2.68. The normalized spacial score (nSPS) is 26.9. The van der Waals surface area contributed by atoms with Crippen molar-refractivity contribution in [3.63, 3.8) is 0 Å². The fraction of sp³-hybridized carbons (Fsp3) is 0.571. The summed E-state index contributed by atoms with van der Waals surface area (Å²) in [5.74, 6) is 0.112. The highest BCUT2D eigenvalue weighted by Crippen LogP contribution is 2.26. The highest BCUT2D eigenvalue weighted by atomic mass is 32.2. The summed E-state index contributed by atoms with van der Waals surface area (Å²) in [6, 6.07) is 4.75. The minimum Gasteiger partial charge on any atom is -0.379 e. The lowest BCUT2D eigenvalue weighted by atomic mass is 10.1. The summed E-state index contributed by atoms with van der Waals surface area (Å²) < 4.78 is 55.8. The Morgan fingerprint density at radius 1 is 1.00 bits per heavy atom. The van der Waals surface area contributed by atoms with Gasteiger partial charge in [0.05, 0.1) is 29.0 Å². The van der Waals surface area contributed by atoms with Crippen LogP contribution in [0, 0.1) is 5.92 Å². The molecule has 0 spiro atoms. The second-order valence-corrected chi connectivity index (χ2v) is 9.82. The molecular weight excluding hydrogens is 354 g/mol. The highest BCUT2D eigenvalue weighted by Gasteiger charge is 2.39. The molecule has 10 heteroatoms. The van der Waals surface area contributed by atoms with Crippen molar-refractivity contribution in [1.29, 1.82) is 0 Å². The topological polar surface area (TPSA) is 110 Å². The number of hydrogen-bond donors (Lipinski definition) is 1. The quantitative estimate of drug-likeness (QED) is 0.747. The van der Waals surface area contributed by atoms with Crippen molar-refractivity contribution in [2.45, 2.75) is 15.8 Å². The number of hydrogen-bond acceptors (Lipinski definition) is 6. The highest BCUT2D eigenvalue weighted by molar-refractivity contribution is 7.89. The average Bonchev–Trinajstić information content (AvgIpc) is 2.77. The molecule has 2 fully saturated rings. The molecule has 2 saturated heterocycles. The van der Waals surface area contributed by atoms with Crippen LogP contribution in [0.2, 0.25) is 0 Å². The van der Waals surface area contributed by atoms with Gasteiger partial charge in [-0.1, -0.05) is 0 Å². The lowest BCUT2D eigenvalue weighted by molar-refractivity contribution is 0.0659. The Morgan fingerprint density at radius 2 is 1.62 bits per heavy atom. The van der Waals surface area contributed by atoms with Gasteiger partial charge in [-0.25, -0.2) is 22.0 Å². The number of fused-ring (bicyclic) bond motifs is 3. The fourth-order valence-electron chi connectivity index (χ4n) is 3.27. The molecule has 2 N–H and O–H groups in total. The average molecular weight is 375 g/mol. The summed E-state index contributed by atoms with van der Waals surface area (Å²) in [5, 5.41) is 5.05. The maximum absolute atomic E-state index is 13.0. The minimum atomic E-state index is -3.85. The molecule has 2 aliphatic rings. The van der Waals surface area contributed by atoms with Gasteiger partial charge in [-0.15, -0.1) is 0 Å². The van der Waals surface area contributed by atoms with Crippen LogP contribution in [0.3, 0.4) is 0 Å². The SMILES string of the molecule is CN1C[C@@H]2COC[C@H](C1)N(S(=O)(=O)c1ccc(S(N)(=O)=O)cc1)C2. The minimum absolute atomic E-state index is 0.0603. The number of nitrogens with two attached hydrogens (primary N) is 1. The molecule has 2 aliphatic heterocycles. The van der Waals surface area contributed by atoms with E-state index >= 15 is 0 Å². The molecule has 24 heavy (non-hydrogen) atoms. The summed E-state index contributed by atoms with van der Waals surface area (Å²) in [6.07, 6.45) is 0. The molecule has 2 heterocycles. The van der Waals surface area contributed by atoms with Crippen LogP contribution in [0.15, 0.2) is 34.1 Å². The van der Waals surface area contributed by atoms with Gasteiger partial charge >= 0.3 is 0 Å². The van der Waals surface area contributed by atoms with E-state index in [1.54, 1.807) is 0 Å². The van der Waals surface area contributed by atoms with Gasteiger partial charge in [0.25, 0.3) is 0 Å². The van der Waals surface area contributed by atoms with Gasteiger partial charge in [-0.3, -0.25) is 0 Å². The third kappa shape index (κ3) is 3.48. The van der Waals surface area contributed by atoms with Crippen LogP contribution < -0.4 is 5.14 Å². The van der Waals surface area contributed by atoms with Crippen LogP contribution in [0.4, 0.5) is 0 Å². The smallest absolute Gasteiger partial charge is 0.243 e. The number of nitrogens with zero attached hydrogens (tertiary/aromatic N) is 2. The lowest BCUT2D eigenvalue weighted by Gasteiger charge is -2.29. The van der Waals surface area contributed by atoms with Crippen LogP contribution >= 0.6 is 0 Å². The second-order valence-electron chi connectivity index (χ2n) is 6.37. The number of ether oxygens (including phenoxy) is 1. The Kier molecular flexibility index (Phi) is 4.71. The maximum atomic E-state index is 13.0. The molecule has 8 nitrogen and oxygen atoms in total. The Bertz CT molecular complexity index is 807. The van der Waals surface area contributed by atoms with Gasteiger partial charge in [-0.2, -0.15) is 4.31 Å². The molecule has 3 rings (SSSR count). The zero-order chi connectivity index (χ0) is 17.5. The maximum Gasteiger partial charge on any atom is 0.243 e. The monoisotopic (exact) mass is 375 g/mol. The van der Waals surface area contributed by atoms with Crippen molar-refractivity contribution >= 4 is 20.0 Å². The number of sulfonamides is 2. The molecule has 0 radical (unpaired) electrons. The molecule has 0 saturated carbocycles. The summed E-state index contributed by atoms with van der Waals surface area (Å²) in [7, 11) is -5.61. The van der Waals surface area contributed by atoms with Crippen molar-refractivity contribution in [3.05, 3.63) is 24.3 Å². The van der Waals surface area contributed by atoms with Gasteiger partial charge < -0.3 is 9.64 Å². The standard InChI is InChI=1S/C14H21N3O5S2/c1-16-6-11-7-17(12(8-16)10-22-9-11)24(20,21)14-4-2-13(3-5-14)23(15,18)19/h2-5,11-12H,6-10H2,1H3,(H2,15,18,19)/t11-,12-/m0/s1. The van der Waals surface area contributed by atoms with E-state index in [1.807, 2.05) is 7.05 Å². The van der Waals surface area contributed by atoms with E-state index in [-0.39, 0.29) is 21.8 Å². The molecular formula is C14H21N3O5S2. The van der Waals surface area contributed by atoms with Crippen LogP contribution in [-0.2, 0) is 24.8 Å².